The fourth-order valence-electron chi connectivity index (χ4n) is 4.19. The van der Waals surface area contributed by atoms with Crippen LogP contribution in [0.15, 0.2) is 83.9 Å². The number of aliphatic hydroxyl groups excluding tert-OH is 1. The van der Waals surface area contributed by atoms with Crippen molar-refractivity contribution in [1.29, 1.82) is 0 Å². The van der Waals surface area contributed by atoms with Crippen molar-refractivity contribution in [2.45, 2.75) is 19.5 Å². The van der Waals surface area contributed by atoms with Crippen molar-refractivity contribution in [3.8, 4) is 11.3 Å². The Hall–Kier alpha value is -5.00. The van der Waals surface area contributed by atoms with Crippen molar-refractivity contribution in [2.24, 2.45) is 0 Å². The number of hydrogen-bond donors (Lipinski definition) is 4. The molecule has 0 aliphatic rings. The molecule has 10 nitrogen and oxygen atoms in total. The van der Waals surface area contributed by atoms with Crippen molar-refractivity contribution >= 4 is 23.3 Å². The zero-order chi connectivity index (χ0) is 30.2. The molecule has 0 aliphatic carbocycles. The summed E-state index contributed by atoms with van der Waals surface area (Å²) in [5.41, 5.74) is 1.94. The Labute approximate surface area is 241 Å². The van der Waals surface area contributed by atoms with E-state index in [0.29, 0.717) is 22.4 Å². The van der Waals surface area contributed by atoms with Crippen molar-refractivity contribution in [3.63, 3.8) is 0 Å². The van der Waals surface area contributed by atoms with E-state index in [9.17, 15) is 23.6 Å². The lowest BCUT2D eigenvalue weighted by atomic mass is 10.0. The second-order valence-electron chi connectivity index (χ2n) is 9.50. The first kappa shape index (κ1) is 30.0. The lowest BCUT2D eigenvalue weighted by Gasteiger charge is -2.17. The molecular weight excluding hydrogens is 541 g/mol. The molecule has 0 bridgehead atoms. The molecule has 4 aromatic rings. The van der Waals surface area contributed by atoms with E-state index in [1.54, 1.807) is 50.4 Å². The number of aliphatic hydroxyl groups is 1. The highest BCUT2D eigenvalue weighted by Crippen LogP contribution is 2.23. The molecule has 2 aromatic heterocycles. The number of ketones is 1. The van der Waals surface area contributed by atoms with Crippen molar-refractivity contribution in [3.05, 3.63) is 118 Å². The number of nitrogens with one attached hydrogen (secondary N) is 3. The number of amides is 2. The Balaban J connectivity index is 1.76. The van der Waals surface area contributed by atoms with Gasteiger partial charge in [-0.2, -0.15) is 0 Å². The van der Waals surface area contributed by atoms with Crippen molar-refractivity contribution in [2.75, 3.05) is 25.5 Å². The maximum Gasteiger partial charge on any atom is 0.275 e. The standard InChI is InChI=1S/C31H30FN5O5/c1-19(33-2)29(40)36-26-10-11-27(22-4-3-5-23(15-22)30(41)35-12-13-38)37(31(26)42)18-20-14-24(17-34-16-20)28(39)21-6-8-25(32)9-7-21/h3-11,14-17,19,33,38H,12-13,18H2,1-2H3,(H,35,41)(H,36,40)/t19-/m1/s1. The van der Waals surface area contributed by atoms with Gasteiger partial charge in [0.15, 0.2) is 5.78 Å². The summed E-state index contributed by atoms with van der Waals surface area (Å²) in [5.74, 6) is -1.61. The van der Waals surface area contributed by atoms with E-state index in [1.807, 2.05) is 0 Å². The van der Waals surface area contributed by atoms with Crippen LogP contribution in [0.1, 0.15) is 38.8 Å². The quantitative estimate of drug-likeness (QED) is 0.203. The predicted octanol–water partition coefficient (Wildman–Crippen LogP) is 2.60. The zero-order valence-electron chi connectivity index (χ0n) is 23.1. The van der Waals surface area contributed by atoms with Crippen LogP contribution in [0, 0.1) is 5.82 Å². The average Bonchev–Trinajstić information content (AvgIpc) is 3.01. The second kappa shape index (κ2) is 13.6. The molecule has 2 heterocycles. The Kier molecular flexibility index (Phi) is 9.69. The van der Waals surface area contributed by atoms with Crippen molar-refractivity contribution in [1.82, 2.24) is 20.2 Å². The van der Waals surface area contributed by atoms with Crippen LogP contribution in [0.3, 0.4) is 0 Å². The average molecular weight is 572 g/mol. The molecule has 0 saturated heterocycles. The van der Waals surface area contributed by atoms with E-state index >= 15 is 0 Å². The Morgan fingerprint density at radius 2 is 1.74 bits per heavy atom. The SMILES string of the molecule is CN[C@H](C)C(=O)Nc1ccc(-c2cccc(C(=O)NCCO)c2)n(Cc2cncc(C(=O)c3ccc(F)cc3)c2)c1=O. The van der Waals surface area contributed by atoms with Gasteiger partial charge in [0.05, 0.1) is 24.9 Å². The van der Waals surface area contributed by atoms with Gasteiger partial charge in [-0.15, -0.1) is 0 Å². The van der Waals surface area contributed by atoms with Gasteiger partial charge in [-0.3, -0.25) is 24.2 Å². The number of carbonyl (C=O) groups excluding carboxylic acids is 3. The number of aromatic nitrogens is 2. The van der Waals surface area contributed by atoms with Crippen LogP contribution in [0.4, 0.5) is 10.1 Å². The van der Waals surface area contributed by atoms with Gasteiger partial charge < -0.3 is 25.6 Å². The molecule has 0 aliphatic heterocycles. The Morgan fingerprint density at radius 1 is 0.976 bits per heavy atom. The number of nitrogens with zero attached hydrogens (tertiary/aromatic N) is 2. The minimum atomic E-state index is -0.551. The molecule has 42 heavy (non-hydrogen) atoms. The minimum absolute atomic E-state index is 0.0159. The Bertz CT molecular complexity index is 1670. The monoisotopic (exact) mass is 571 g/mol. The number of hydrogen-bond acceptors (Lipinski definition) is 7. The first-order valence-corrected chi connectivity index (χ1v) is 13.2. The van der Waals surface area contributed by atoms with E-state index in [2.05, 4.69) is 20.9 Å². The molecular formula is C31H30FN5O5. The normalized spacial score (nSPS) is 11.5. The summed E-state index contributed by atoms with van der Waals surface area (Å²) in [7, 11) is 1.63. The van der Waals surface area contributed by atoms with E-state index in [4.69, 9.17) is 5.11 Å². The molecule has 1 atom stereocenters. The van der Waals surface area contributed by atoms with Gasteiger partial charge in [-0.05, 0) is 79.7 Å². The molecule has 2 aromatic carbocycles. The topological polar surface area (TPSA) is 142 Å². The van der Waals surface area contributed by atoms with Gasteiger partial charge in [0, 0.05) is 35.6 Å². The number of rotatable bonds is 11. The zero-order valence-corrected chi connectivity index (χ0v) is 23.1. The van der Waals surface area contributed by atoms with E-state index in [1.165, 1.54) is 47.3 Å². The number of halogens is 1. The van der Waals surface area contributed by atoms with Gasteiger partial charge in [-0.25, -0.2) is 4.39 Å². The van der Waals surface area contributed by atoms with Crippen LogP contribution in [0.25, 0.3) is 11.3 Å². The summed E-state index contributed by atoms with van der Waals surface area (Å²) in [6.45, 7) is 1.52. The summed E-state index contributed by atoms with van der Waals surface area (Å²) < 4.78 is 14.8. The first-order chi connectivity index (χ1) is 20.2. The number of anilines is 1. The molecule has 4 N–H and O–H groups in total. The number of carbonyl (C=O) groups is 3. The number of likely N-dealkylation sites (N-methyl/N-ethyl adjacent to an activating group) is 1. The van der Waals surface area contributed by atoms with Gasteiger partial charge in [0.1, 0.15) is 11.5 Å². The van der Waals surface area contributed by atoms with Gasteiger partial charge in [-0.1, -0.05) is 12.1 Å². The van der Waals surface area contributed by atoms with E-state index < -0.39 is 23.3 Å². The molecule has 216 valence electrons. The van der Waals surface area contributed by atoms with Crippen LogP contribution >= 0.6 is 0 Å². The van der Waals surface area contributed by atoms with Crippen LogP contribution in [0.5, 0.6) is 0 Å². The maximum absolute atomic E-state index is 13.7. The smallest absolute Gasteiger partial charge is 0.275 e. The van der Waals surface area contributed by atoms with Crippen LogP contribution in [-0.2, 0) is 11.3 Å². The molecule has 0 fully saturated rings. The summed E-state index contributed by atoms with van der Waals surface area (Å²) in [6.07, 6.45) is 2.91. The summed E-state index contributed by atoms with van der Waals surface area (Å²) in [5, 5.41) is 17.1. The predicted molar refractivity (Wildman–Crippen MR) is 156 cm³/mol. The van der Waals surface area contributed by atoms with E-state index in [-0.39, 0.29) is 48.2 Å². The number of benzene rings is 2. The Morgan fingerprint density at radius 3 is 2.45 bits per heavy atom. The van der Waals surface area contributed by atoms with Crippen LogP contribution in [-0.4, -0.2) is 58.5 Å². The third-order valence-corrected chi connectivity index (χ3v) is 6.58. The van der Waals surface area contributed by atoms with Gasteiger partial charge in [0.25, 0.3) is 11.5 Å². The fraction of sp³-hybridized carbons (Fsp3) is 0.194. The largest absolute Gasteiger partial charge is 0.395 e. The highest BCUT2D eigenvalue weighted by Gasteiger charge is 2.18. The lowest BCUT2D eigenvalue weighted by Crippen LogP contribution is -2.37. The van der Waals surface area contributed by atoms with Crippen LogP contribution in [0.2, 0.25) is 0 Å². The van der Waals surface area contributed by atoms with E-state index in [0.717, 1.165) is 0 Å². The molecule has 2 amide bonds. The minimum Gasteiger partial charge on any atom is -0.395 e. The summed E-state index contributed by atoms with van der Waals surface area (Å²) >= 11 is 0. The summed E-state index contributed by atoms with van der Waals surface area (Å²) in [6, 6.07) is 16.0. The van der Waals surface area contributed by atoms with Crippen molar-refractivity contribution < 1.29 is 23.9 Å². The number of pyridine rings is 2. The van der Waals surface area contributed by atoms with Gasteiger partial charge in [0.2, 0.25) is 5.91 Å². The lowest BCUT2D eigenvalue weighted by molar-refractivity contribution is -0.117. The third-order valence-electron chi connectivity index (χ3n) is 6.58. The maximum atomic E-state index is 13.7. The highest BCUT2D eigenvalue weighted by atomic mass is 19.1. The molecule has 0 unspecified atom stereocenters. The molecule has 0 spiro atoms. The molecule has 0 saturated carbocycles. The highest BCUT2D eigenvalue weighted by molar-refractivity contribution is 6.08. The molecule has 11 heteroatoms. The molecule has 4 rings (SSSR count). The fourth-order valence-corrected chi connectivity index (χ4v) is 4.19. The second-order valence-corrected chi connectivity index (χ2v) is 9.50. The summed E-state index contributed by atoms with van der Waals surface area (Å²) in [4.78, 5) is 56.0. The third kappa shape index (κ3) is 7.00. The first-order valence-electron chi connectivity index (χ1n) is 13.2. The molecule has 0 radical (unpaired) electrons. The van der Waals surface area contributed by atoms with Gasteiger partial charge >= 0.3 is 0 Å². The van der Waals surface area contributed by atoms with Crippen LogP contribution < -0.4 is 21.5 Å².